The molecule has 0 aliphatic heterocycles. The van der Waals surface area contributed by atoms with Crippen LogP contribution in [-0.4, -0.2) is 39.3 Å². The first-order valence-corrected chi connectivity index (χ1v) is 8.61. The molecule has 138 valence electrons. The predicted octanol–water partition coefficient (Wildman–Crippen LogP) is 2.49. The summed E-state index contributed by atoms with van der Waals surface area (Å²) in [4.78, 5) is 24.7. The summed E-state index contributed by atoms with van der Waals surface area (Å²) in [6.45, 7) is 0. The van der Waals surface area contributed by atoms with Crippen LogP contribution in [-0.2, 0) is 0 Å². The van der Waals surface area contributed by atoms with Gasteiger partial charge in [0.1, 0.15) is 5.82 Å². The fraction of sp³-hybridized carbons (Fsp3) is 0.353. The van der Waals surface area contributed by atoms with Gasteiger partial charge in [0, 0.05) is 12.2 Å². The van der Waals surface area contributed by atoms with Crippen molar-refractivity contribution >= 4 is 29.1 Å². The molecule has 7 nitrogen and oxygen atoms in total. The number of halogens is 2. The number of nitrogens with zero attached hydrogens (tertiary/aromatic N) is 1. The molecule has 1 fully saturated rings. The standard InChI is InChI=1S/C17H18ClFN4O3/c18-11-2-1-3-12(19)14(11)16(25)22-13-8-20-23-15(13)17(26)21-9-4-6-10(24)7-5-9/h1-3,8-10,24H,4-7H2,(H,20,23)(H,21,26)(H,22,25). The Bertz CT molecular complexity index is 798. The molecule has 3 rings (SSSR count). The third kappa shape index (κ3) is 4.03. The van der Waals surface area contributed by atoms with Crippen LogP contribution in [0.3, 0.4) is 0 Å². The molecule has 1 aliphatic carbocycles. The molecule has 0 atom stereocenters. The van der Waals surface area contributed by atoms with Crippen LogP contribution in [0.2, 0.25) is 5.02 Å². The average Bonchev–Trinajstić information content (AvgIpc) is 3.05. The highest BCUT2D eigenvalue weighted by atomic mass is 35.5. The van der Waals surface area contributed by atoms with Crippen molar-refractivity contribution < 1.29 is 19.1 Å². The maximum absolute atomic E-state index is 13.9. The van der Waals surface area contributed by atoms with Gasteiger partial charge in [-0.1, -0.05) is 17.7 Å². The molecule has 1 aliphatic rings. The molecule has 4 N–H and O–H groups in total. The van der Waals surface area contributed by atoms with E-state index in [2.05, 4.69) is 20.8 Å². The third-order valence-corrected chi connectivity index (χ3v) is 4.64. The zero-order valence-corrected chi connectivity index (χ0v) is 14.5. The molecule has 1 aromatic carbocycles. The highest BCUT2D eigenvalue weighted by Gasteiger charge is 2.25. The second kappa shape index (κ2) is 7.84. The molecule has 2 amide bonds. The van der Waals surface area contributed by atoms with Crippen molar-refractivity contribution in [3.8, 4) is 0 Å². The zero-order valence-electron chi connectivity index (χ0n) is 13.8. The van der Waals surface area contributed by atoms with Gasteiger partial charge in [0.2, 0.25) is 0 Å². The van der Waals surface area contributed by atoms with E-state index < -0.39 is 17.6 Å². The molecule has 2 aromatic rings. The molecule has 1 aromatic heterocycles. The van der Waals surface area contributed by atoms with Crippen molar-refractivity contribution in [1.82, 2.24) is 15.5 Å². The fourth-order valence-electron chi connectivity index (χ4n) is 2.93. The van der Waals surface area contributed by atoms with Gasteiger partial charge in [0.25, 0.3) is 11.8 Å². The van der Waals surface area contributed by atoms with Crippen LogP contribution in [0.5, 0.6) is 0 Å². The summed E-state index contributed by atoms with van der Waals surface area (Å²) in [5, 5.41) is 21.2. The van der Waals surface area contributed by atoms with Gasteiger partial charge in [-0.2, -0.15) is 5.10 Å². The predicted molar refractivity (Wildman–Crippen MR) is 93.7 cm³/mol. The summed E-state index contributed by atoms with van der Waals surface area (Å²) < 4.78 is 13.9. The summed E-state index contributed by atoms with van der Waals surface area (Å²) in [6.07, 6.45) is 3.61. The molecule has 9 heteroatoms. The lowest BCUT2D eigenvalue weighted by Crippen LogP contribution is -2.39. The minimum Gasteiger partial charge on any atom is -0.393 e. The van der Waals surface area contributed by atoms with Crippen LogP contribution in [0, 0.1) is 5.82 Å². The Labute approximate surface area is 153 Å². The number of aliphatic hydroxyl groups is 1. The third-order valence-electron chi connectivity index (χ3n) is 4.33. The maximum Gasteiger partial charge on any atom is 0.274 e. The topological polar surface area (TPSA) is 107 Å². The molecular weight excluding hydrogens is 363 g/mol. The fourth-order valence-corrected chi connectivity index (χ4v) is 3.18. The van der Waals surface area contributed by atoms with E-state index in [9.17, 15) is 19.1 Å². The summed E-state index contributed by atoms with van der Waals surface area (Å²) in [7, 11) is 0. The van der Waals surface area contributed by atoms with E-state index in [0.717, 1.165) is 6.07 Å². The summed E-state index contributed by atoms with van der Waals surface area (Å²) >= 11 is 5.88. The molecule has 0 saturated heterocycles. The van der Waals surface area contributed by atoms with Crippen LogP contribution in [0.4, 0.5) is 10.1 Å². The average molecular weight is 381 g/mol. The normalized spacial score (nSPS) is 19.8. The van der Waals surface area contributed by atoms with E-state index in [-0.39, 0.29) is 34.1 Å². The van der Waals surface area contributed by atoms with Crippen LogP contribution in [0.15, 0.2) is 24.4 Å². The van der Waals surface area contributed by atoms with Crippen LogP contribution in [0.25, 0.3) is 0 Å². The summed E-state index contributed by atoms with van der Waals surface area (Å²) in [5.74, 6) is -1.99. The first-order chi connectivity index (χ1) is 12.5. The lowest BCUT2D eigenvalue weighted by atomic mass is 9.93. The molecule has 1 saturated carbocycles. The Balaban J connectivity index is 1.70. The maximum atomic E-state index is 13.9. The van der Waals surface area contributed by atoms with Gasteiger partial charge in [0.15, 0.2) is 5.69 Å². The summed E-state index contributed by atoms with van der Waals surface area (Å²) in [6, 6.07) is 3.86. The van der Waals surface area contributed by atoms with Gasteiger partial charge in [-0.05, 0) is 37.8 Å². The number of amides is 2. The van der Waals surface area contributed by atoms with Crippen LogP contribution >= 0.6 is 11.6 Å². The number of anilines is 1. The molecule has 0 spiro atoms. The smallest absolute Gasteiger partial charge is 0.274 e. The molecule has 26 heavy (non-hydrogen) atoms. The van der Waals surface area contributed by atoms with E-state index in [1.165, 1.54) is 18.3 Å². The number of hydrogen-bond donors (Lipinski definition) is 4. The van der Waals surface area contributed by atoms with E-state index in [0.29, 0.717) is 25.7 Å². The van der Waals surface area contributed by atoms with Gasteiger partial charge in [-0.3, -0.25) is 14.7 Å². The Morgan fingerprint density at radius 2 is 1.96 bits per heavy atom. The van der Waals surface area contributed by atoms with Crippen LogP contribution < -0.4 is 10.6 Å². The number of carbonyl (C=O) groups is 2. The Morgan fingerprint density at radius 1 is 1.23 bits per heavy atom. The van der Waals surface area contributed by atoms with Crippen molar-refractivity contribution in [3.63, 3.8) is 0 Å². The first-order valence-electron chi connectivity index (χ1n) is 8.23. The highest BCUT2D eigenvalue weighted by molar-refractivity contribution is 6.34. The molecule has 0 unspecified atom stereocenters. The SMILES string of the molecule is O=C(NC1CCC(O)CC1)c1n[nH]cc1NC(=O)c1c(F)cccc1Cl. The molecule has 1 heterocycles. The number of hydrogen-bond acceptors (Lipinski definition) is 4. The molecule has 0 radical (unpaired) electrons. The summed E-state index contributed by atoms with van der Waals surface area (Å²) in [5.41, 5.74) is -0.178. The van der Waals surface area contributed by atoms with Crippen molar-refractivity contribution in [2.75, 3.05) is 5.32 Å². The van der Waals surface area contributed by atoms with Gasteiger partial charge in [0.05, 0.1) is 22.4 Å². The number of aromatic amines is 1. The van der Waals surface area contributed by atoms with E-state index in [4.69, 9.17) is 11.6 Å². The van der Waals surface area contributed by atoms with E-state index in [1.807, 2.05) is 0 Å². The van der Waals surface area contributed by atoms with Gasteiger partial charge < -0.3 is 15.7 Å². The number of aromatic nitrogens is 2. The van der Waals surface area contributed by atoms with Crippen molar-refractivity contribution in [2.24, 2.45) is 0 Å². The lowest BCUT2D eigenvalue weighted by Gasteiger charge is -2.25. The Kier molecular flexibility index (Phi) is 5.53. The van der Waals surface area contributed by atoms with Gasteiger partial charge in [-0.15, -0.1) is 0 Å². The monoisotopic (exact) mass is 380 g/mol. The quantitative estimate of drug-likeness (QED) is 0.653. The van der Waals surface area contributed by atoms with E-state index in [1.54, 1.807) is 0 Å². The minimum absolute atomic E-state index is 0.00284. The number of rotatable bonds is 4. The van der Waals surface area contributed by atoms with Gasteiger partial charge in [-0.25, -0.2) is 4.39 Å². The minimum atomic E-state index is -0.774. The van der Waals surface area contributed by atoms with Gasteiger partial charge >= 0.3 is 0 Å². The number of nitrogens with one attached hydrogen (secondary N) is 3. The number of benzene rings is 1. The first kappa shape index (κ1) is 18.3. The van der Waals surface area contributed by atoms with Crippen molar-refractivity contribution in [3.05, 3.63) is 46.5 Å². The van der Waals surface area contributed by atoms with E-state index >= 15 is 0 Å². The highest BCUT2D eigenvalue weighted by Crippen LogP contribution is 2.22. The lowest BCUT2D eigenvalue weighted by molar-refractivity contribution is 0.0864. The number of H-pyrrole nitrogens is 1. The number of carbonyl (C=O) groups excluding carboxylic acids is 2. The van der Waals surface area contributed by atoms with Crippen molar-refractivity contribution in [2.45, 2.75) is 37.8 Å². The Morgan fingerprint density at radius 3 is 2.65 bits per heavy atom. The van der Waals surface area contributed by atoms with Crippen LogP contribution in [0.1, 0.15) is 46.5 Å². The van der Waals surface area contributed by atoms with Crippen molar-refractivity contribution in [1.29, 1.82) is 0 Å². The largest absolute Gasteiger partial charge is 0.393 e. The molecular formula is C17H18ClFN4O3. The second-order valence-electron chi connectivity index (χ2n) is 6.18. The Hall–Kier alpha value is -2.45. The number of aliphatic hydroxyl groups excluding tert-OH is 1. The molecule has 0 bridgehead atoms. The zero-order chi connectivity index (χ0) is 18.7. The second-order valence-corrected chi connectivity index (χ2v) is 6.58.